The van der Waals surface area contributed by atoms with Crippen molar-refractivity contribution in [3.8, 4) is 0 Å². The third-order valence-electron chi connectivity index (χ3n) is 5.36. The first-order chi connectivity index (χ1) is 13.2. The number of pyridine rings is 1. The fraction of sp³-hybridized carbons (Fsp3) is 0.350. The van der Waals surface area contributed by atoms with Crippen LogP contribution in [0.5, 0.6) is 0 Å². The highest BCUT2D eigenvalue weighted by Crippen LogP contribution is 2.31. The van der Waals surface area contributed by atoms with Crippen molar-refractivity contribution >= 4 is 17.6 Å². The van der Waals surface area contributed by atoms with Crippen LogP contribution in [0.4, 0.5) is 10.5 Å². The van der Waals surface area contributed by atoms with Crippen LogP contribution in [0.15, 0.2) is 54.9 Å². The van der Waals surface area contributed by atoms with Gasteiger partial charge in [0, 0.05) is 38.7 Å². The quantitative estimate of drug-likeness (QED) is 0.873. The maximum absolute atomic E-state index is 12.5. The second kappa shape index (κ2) is 7.36. The highest BCUT2D eigenvalue weighted by molar-refractivity contribution is 5.89. The molecule has 2 saturated heterocycles. The van der Waals surface area contributed by atoms with Crippen LogP contribution in [-0.4, -0.2) is 52.0 Å². The Morgan fingerprint density at radius 3 is 2.63 bits per heavy atom. The van der Waals surface area contributed by atoms with Crippen molar-refractivity contribution in [2.24, 2.45) is 0 Å². The number of urea groups is 1. The minimum absolute atomic E-state index is 0.118. The van der Waals surface area contributed by atoms with Crippen LogP contribution < -0.4 is 10.6 Å². The Morgan fingerprint density at radius 1 is 1.15 bits per heavy atom. The molecule has 0 aliphatic carbocycles. The van der Waals surface area contributed by atoms with Crippen LogP contribution in [0.1, 0.15) is 18.4 Å². The molecule has 0 unspecified atom stereocenters. The Kier molecular flexibility index (Phi) is 4.77. The third kappa shape index (κ3) is 3.64. The minimum atomic E-state index is -0.363. The number of piperidine rings is 1. The van der Waals surface area contributed by atoms with Gasteiger partial charge in [-0.2, -0.15) is 0 Å². The van der Waals surface area contributed by atoms with Crippen molar-refractivity contribution < 1.29 is 9.59 Å². The smallest absolute Gasteiger partial charge is 0.321 e. The third-order valence-corrected chi connectivity index (χ3v) is 5.36. The molecule has 4 rings (SSSR count). The summed E-state index contributed by atoms with van der Waals surface area (Å²) in [4.78, 5) is 32.7. The number of hydrogen-bond donors (Lipinski definition) is 2. The van der Waals surface area contributed by atoms with E-state index in [0.717, 1.165) is 5.56 Å². The fourth-order valence-corrected chi connectivity index (χ4v) is 3.84. The molecular weight excluding hydrogens is 342 g/mol. The topological polar surface area (TPSA) is 77.6 Å². The highest BCUT2D eigenvalue weighted by atomic mass is 16.2. The van der Waals surface area contributed by atoms with E-state index >= 15 is 0 Å². The largest absolute Gasteiger partial charge is 0.324 e. The van der Waals surface area contributed by atoms with Gasteiger partial charge < -0.3 is 15.1 Å². The van der Waals surface area contributed by atoms with E-state index in [9.17, 15) is 9.59 Å². The second-order valence-electron chi connectivity index (χ2n) is 7.01. The highest BCUT2D eigenvalue weighted by Gasteiger charge is 2.47. The van der Waals surface area contributed by atoms with Gasteiger partial charge in [-0.25, -0.2) is 4.79 Å². The standard InChI is InChI=1S/C20H23N5O2/c26-18-14-22-20(25(18)15-16-5-2-1-3-6-16)8-11-24(12-9-20)19(27)23-17-7-4-10-21-13-17/h1-7,10,13,22H,8-9,11-12,14-15H2,(H,23,27). The lowest BCUT2D eigenvalue weighted by atomic mass is 9.95. The zero-order chi connectivity index (χ0) is 18.7. The molecule has 0 bridgehead atoms. The lowest BCUT2D eigenvalue weighted by Gasteiger charge is -2.44. The van der Waals surface area contributed by atoms with Gasteiger partial charge in [-0.3, -0.25) is 15.1 Å². The van der Waals surface area contributed by atoms with Gasteiger partial charge in [0.15, 0.2) is 0 Å². The summed E-state index contributed by atoms with van der Waals surface area (Å²) in [5.74, 6) is 0.118. The molecule has 2 aliphatic heterocycles. The van der Waals surface area contributed by atoms with Gasteiger partial charge in [-0.1, -0.05) is 30.3 Å². The average Bonchev–Trinajstić information content (AvgIpc) is 3.00. The summed E-state index contributed by atoms with van der Waals surface area (Å²) in [6.07, 6.45) is 4.73. The summed E-state index contributed by atoms with van der Waals surface area (Å²) in [5.41, 5.74) is 1.44. The number of carbonyl (C=O) groups excluding carboxylic acids is 2. The molecule has 0 radical (unpaired) electrons. The molecule has 1 aromatic carbocycles. The molecule has 7 heteroatoms. The van der Waals surface area contributed by atoms with Gasteiger partial charge in [0.1, 0.15) is 0 Å². The maximum atomic E-state index is 12.5. The first-order valence-corrected chi connectivity index (χ1v) is 9.22. The van der Waals surface area contributed by atoms with Crippen molar-refractivity contribution in [3.05, 3.63) is 60.4 Å². The Bertz CT molecular complexity index is 804. The number of nitrogens with one attached hydrogen (secondary N) is 2. The van der Waals surface area contributed by atoms with Crippen LogP contribution in [-0.2, 0) is 11.3 Å². The predicted molar refractivity (Wildman–Crippen MR) is 102 cm³/mol. The van der Waals surface area contributed by atoms with Crippen LogP contribution in [0.2, 0.25) is 0 Å². The Morgan fingerprint density at radius 2 is 1.93 bits per heavy atom. The molecule has 3 amide bonds. The van der Waals surface area contributed by atoms with Crippen molar-refractivity contribution in [2.45, 2.75) is 25.0 Å². The molecule has 0 atom stereocenters. The van der Waals surface area contributed by atoms with E-state index in [1.54, 1.807) is 23.4 Å². The van der Waals surface area contributed by atoms with E-state index in [-0.39, 0.29) is 17.6 Å². The van der Waals surface area contributed by atoms with E-state index in [0.29, 0.717) is 44.7 Å². The van der Waals surface area contributed by atoms with Gasteiger partial charge in [0.25, 0.3) is 0 Å². The Labute approximate surface area is 158 Å². The Hall–Kier alpha value is -2.93. The van der Waals surface area contributed by atoms with E-state index in [1.807, 2.05) is 41.3 Å². The molecule has 2 fully saturated rings. The van der Waals surface area contributed by atoms with E-state index in [1.165, 1.54) is 0 Å². The SMILES string of the molecule is O=C(Nc1cccnc1)N1CCC2(CC1)NCC(=O)N2Cc1ccccc1. The number of aromatic nitrogens is 1. The molecule has 27 heavy (non-hydrogen) atoms. The molecule has 2 N–H and O–H groups in total. The first kappa shape index (κ1) is 17.5. The molecule has 2 aromatic rings. The van der Waals surface area contributed by atoms with Gasteiger partial charge in [0.2, 0.25) is 5.91 Å². The number of hydrogen-bond acceptors (Lipinski definition) is 4. The minimum Gasteiger partial charge on any atom is -0.324 e. The number of benzene rings is 1. The Balaban J connectivity index is 1.40. The van der Waals surface area contributed by atoms with Crippen molar-refractivity contribution in [1.82, 2.24) is 20.1 Å². The van der Waals surface area contributed by atoms with E-state index < -0.39 is 0 Å². The monoisotopic (exact) mass is 365 g/mol. The van der Waals surface area contributed by atoms with Crippen molar-refractivity contribution in [1.29, 1.82) is 0 Å². The van der Waals surface area contributed by atoms with Crippen LogP contribution in [0.25, 0.3) is 0 Å². The normalized spacial score (nSPS) is 18.7. The van der Waals surface area contributed by atoms with E-state index in [2.05, 4.69) is 15.6 Å². The van der Waals surface area contributed by atoms with Gasteiger partial charge in [-0.15, -0.1) is 0 Å². The zero-order valence-electron chi connectivity index (χ0n) is 15.1. The summed E-state index contributed by atoms with van der Waals surface area (Å²) in [5, 5.41) is 6.28. The first-order valence-electron chi connectivity index (χ1n) is 9.22. The second-order valence-corrected chi connectivity index (χ2v) is 7.01. The summed E-state index contributed by atoms with van der Waals surface area (Å²) in [6, 6.07) is 13.5. The van der Waals surface area contributed by atoms with Crippen molar-refractivity contribution in [2.75, 3.05) is 25.0 Å². The van der Waals surface area contributed by atoms with Crippen LogP contribution >= 0.6 is 0 Å². The summed E-state index contributed by atoms with van der Waals surface area (Å²) < 4.78 is 0. The van der Waals surface area contributed by atoms with Gasteiger partial charge in [0.05, 0.1) is 24.1 Å². The number of amides is 3. The predicted octanol–water partition coefficient (Wildman–Crippen LogP) is 2.04. The molecule has 3 heterocycles. The maximum Gasteiger partial charge on any atom is 0.321 e. The molecule has 7 nitrogen and oxygen atoms in total. The zero-order valence-corrected chi connectivity index (χ0v) is 15.1. The van der Waals surface area contributed by atoms with Crippen molar-refractivity contribution in [3.63, 3.8) is 0 Å². The molecule has 140 valence electrons. The number of nitrogens with zero attached hydrogens (tertiary/aromatic N) is 3. The van der Waals surface area contributed by atoms with E-state index in [4.69, 9.17) is 0 Å². The molecule has 1 spiro atoms. The van der Waals surface area contributed by atoms with Gasteiger partial charge >= 0.3 is 6.03 Å². The average molecular weight is 365 g/mol. The number of anilines is 1. The summed E-state index contributed by atoms with van der Waals surface area (Å²) >= 11 is 0. The molecule has 0 saturated carbocycles. The lowest BCUT2D eigenvalue weighted by Crippen LogP contribution is -2.59. The summed E-state index contributed by atoms with van der Waals surface area (Å²) in [6.45, 7) is 2.14. The summed E-state index contributed by atoms with van der Waals surface area (Å²) in [7, 11) is 0. The number of likely N-dealkylation sites (tertiary alicyclic amines) is 1. The number of carbonyl (C=O) groups is 2. The lowest BCUT2D eigenvalue weighted by molar-refractivity contribution is -0.132. The molecule has 2 aliphatic rings. The number of rotatable bonds is 3. The molecular formula is C20H23N5O2. The van der Waals surface area contributed by atoms with Crippen LogP contribution in [0, 0.1) is 0 Å². The molecule has 1 aromatic heterocycles. The van der Waals surface area contributed by atoms with Crippen LogP contribution in [0.3, 0.4) is 0 Å². The fourth-order valence-electron chi connectivity index (χ4n) is 3.84. The van der Waals surface area contributed by atoms with Gasteiger partial charge in [-0.05, 0) is 17.7 Å².